The van der Waals surface area contributed by atoms with E-state index in [0.29, 0.717) is 18.5 Å². The predicted octanol–water partition coefficient (Wildman–Crippen LogP) is 2.76. The van der Waals surface area contributed by atoms with E-state index >= 15 is 0 Å². The Bertz CT molecular complexity index is 614. The standard InChI is InChI=1S/C16H23N5O.2ClH/c1-12-3-2-4-14(9-12)18-13-5-7-21(8-6-13)11-15-19-16(10-17)22-20-15;;/h2-4,9,13,18H,5-8,10-11,17H2,1H3;2*1H. The van der Waals surface area contributed by atoms with Gasteiger partial charge in [-0.2, -0.15) is 4.98 Å². The third-order valence-corrected chi connectivity index (χ3v) is 4.03. The summed E-state index contributed by atoms with van der Waals surface area (Å²) in [5.74, 6) is 1.23. The number of hydrogen-bond acceptors (Lipinski definition) is 6. The zero-order valence-electron chi connectivity index (χ0n) is 13.8. The van der Waals surface area contributed by atoms with Crippen molar-refractivity contribution in [2.45, 2.75) is 38.9 Å². The monoisotopic (exact) mass is 373 g/mol. The summed E-state index contributed by atoms with van der Waals surface area (Å²) in [4.78, 5) is 6.62. The molecule has 1 aliphatic rings. The minimum Gasteiger partial charge on any atom is -0.382 e. The Balaban J connectivity index is 0.00000144. The Labute approximate surface area is 155 Å². The number of nitrogens with zero attached hydrogens (tertiary/aromatic N) is 3. The number of piperidine rings is 1. The van der Waals surface area contributed by atoms with E-state index in [0.717, 1.165) is 38.3 Å². The summed E-state index contributed by atoms with van der Waals surface area (Å²) in [6, 6.07) is 9.07. The molecule has 0 spiro atoms. The molecule has 3 rings (SSSR count). The minimum absolute atomic E-state index is 0. The summed E-state index contributed by atoms with van der Waals surface area (Å²) in [6.45, 7) is 5.23. The van der Waals surface area contributed by atoms with Crippen LogP contribution in [0.5, 0.6) is 0 Å². The fraction of sp³-hybridized carbons (Fsp3) is 0.500. The first-order valence-electron chi connectivity index (χ1n) is 7.80. The van der Waals surface area contributed by atoms with E-state index in [4.69, 9.17) is 10.3 Å². The Morgan fingerprint density at radius 1 is 1.29 bits per heavy atom. The third kappa shape index (κ3) is 5.63. The molecule has 0 bridgehead atoms. The summed E-state index contributed by atoms with van der Waals surface area (Å²) in [5, 5.41) is 7.58. The number of benzene rings is 1. The van der Waals surface area contributed by atoms with Crippen molar-refractivity contribution in [3.8, 4) is 0 Å². The third-order valence-electron chi connectivity index (χ3n) is 4.03. The van der Waals surface area contributed by atoms with Crippen LogP contribution in [0.3, 0.4) is 0 Å². The molecule has 1 aromatic heterocycles. The quantitative estimate of drug-likeness (QED) is 0.838. The Kier molecular flexibility index (Phi) is 8.48. The van der Waals surface area contributed by atoms with Crippen LogP contribution in [0.2, 0.25) is 0 Å². The van der Waals surface area contributed by atoms with Crippen LogP contribution >= 0.6 is 24.8 Å². The lowest BCUT2D eigenvalue weighted by atomic mass is 10.0. The van der Waals surface area contributed by atoms with Crippen LogP contribution in [-0.2, 0) is 13.1 Å². The van der Waals surface area contributed by atoms with Crippen LogP contribution in [0.25, 0.3) is 0 Å². The van der Waals surface area contributed by atoms with Gasteiger partial charge in [0, 0.05) is 24.8 Å². The number of hydrogen-bond donors (Lipinski definition) is 2. The molecule has 24 heavy (non-hydrogen) atoms. The molecule has 1 saturated heterocycles. The molecule has 2 aromatic rings. The van der Waals surface area contributed by atoms with Crippen LogP contribution in [0.1, 0.15) is 30.1 Å². The second-order valence-corrected chi connectivity index (χ2v) is 5.87. The fourth-order valence-corrected chi connectivity index (χ4v) is 2.84. The molecule has 0 amide bonds. The van der Waals surface area contributed by atoms with Gasteiger partial charge in [0.1, 0.15) is 0 Å². The highest BCUT2D eigenvalue weighted by Crippen LogP contribution is 2.18. The van der Waals surface area contributed by atoms with Gasteiger partial charge in [-0.15, -0.1) is 24.8 Å². The molecule has 3 N–H and O–H groups in total. The van der Waals surface area contributed by atoms with Crippen molar-refractivity contribution in [1.82, 2.24) is 15.0 Å². The lowest BCUT2D eigenvalue weighted by molar-refractivity contribution is 0.204. The maximum absolute atomic E-state index is 5.48. The van der Waals surface area contributed by atoms with Crippen LogP contribution in [-0.4, -0.2) is 34.2 Å². The SMILES string of the molecule is Cc1cccc(NC2CCN(Cc3noc(CN)n3)CC2)c1.Cl.Cl. The van der Waals surface area contributed by atoms with Crippen molar-refractivity contribution in [1.29, 1.82) is 0 Å². The molecule has 1 fully saturated rings. The van der Waals surface area contributed by atoms with Gasteiger partial charge in [0.05, 0.1) is 13.1 Å². The van der Waals surface area contributed by atoms with Crippen molar-refractivity contribution in [2.24, 2.45) is 5.73 Å². The largest absolute Gasteiger partial charge is 0.382 e. The van der Waals surface area contributed by atoms with Gasteiger partial charge in [-0.25, -0.2) is 0 Å². The van der Waals surface area contributed by atoms with Gasteiger partial charge >= 0.3 is 0 Å². The summed E-state index contributed by atoms with van der Waals surface area (Å²) in [7, 11) is 0. The van der Waals surface area contributed by atoms with Gasteiger partial charge in [0.2, 0.25) is 5.89 Å². The van der Waals surface area contributed by atoms with Crippen LogP contribution < -0.4 is 11.1 Å². The molecule has 0 atom stereocenters. The first-order valence-corrected chi connectivity index (χ1v) is 7.80. The molecule has 0 radical (unpaired) electrons. The van der Waals surface area contributed by atoms with Gasteiger partial charge in [-0.1, -0.05) is 17.3 Å². The van der Waals surface area contributed by atoms with Gasteiger partial charge in [-0.3, -0.25) is 4.90 Å². The predicted molar refractivity (Wildman–Crippen MR) is 99.8 cm³/mol. The van der Waals surface area contributed by atoms with E-state index < -0.39 is 0 Å². The van der Waals surface area contributed by atoms with E-state index in [1.165, 1.54) is 11.3 Å². The van der Waals surface area contributed by atoms with Crippen molar-refractivity contribution >= 4 is 30.5 Å². The van der Waals surface area contributed by atoms with Crippen LogP contribution in [0.15, 0.2) is 28.8 Å². The van der Waals surface area contributed by atoms with Gasteiger partial charge in [-0.05, 0) is 37.5 Å². The number of likely N-dealkylation sites (tertiary alicyclic amines) is 1. The van der Waals surface area contributed by atoms with Crippen molar-refractivity contribution in [3.05, 3.63) is 41.5 Å². The number of rotatable bonds is 5. The molecule has 6 nitrogen and oxygen atoms in total. The molecule has 134 valence electrons. The van der Waals surface area contributed by atoms with E-state index in [9.17, 15) is 0 Å². The lowest BCUT2D eigenvalue weighted by Gasteiger charge is -2.32. The minimum atomic E-state index is 0. The lowest BCUT2D eigenvalue weighted by Crippen LogP contribution is -2.38. The zero-order chi connectivity index (χ0) is 15.4. The Hall–Kier alpha value is -1.34. The van der Waals surface area contributed by atoms with E-state index in [1.54, 1.807) is 0 Å². The van der Waals surface area contributed by atoms with Crippen LogP contribution in [0.4, 0.5) is 5.69 Å². The topological polar surface area (TPSA) is 80.2 Å². The summed E-state index contributed by atoms with van der Waals surface area (Å²) >= 11 is 0. The summed E-state index contributed by atoms with van der Waals surface area (Å²) in [5.41, 5.74) is 7.98. The zero-order valence-corrected chi connectivity index (χ0v) is 15.4. The number of nitrogens with two attached hydrogens (primary N) is 1. The average molecular weight is 374 g/mol. The molecule has 0 unspecified atom stereocenters. The highest BCUT2D eigenvalue weighted by molar-refractivity contribution is 5.85. The maximum Gasteiger partial charge on any atom is 0.240 e. The molecule has 0 saturated carbocycles. The first-order chi connectivity index (χ1) is 10.7. The molecule has 1 aromatic carbocycles. The molecular weight excluding hydrogens is 349 g/mol. The Morgan fingerprint density at radius 2 is 2.04 bits per heavy atom. The Morgan fingerprint density at radius 3 is 2.67 bits per heavy atom. The van der Waals surface area contributed by atoms with Gasteiger partial charge < -0.3 is 15.6 Å². The second-order valence-electron chi connectivity index (χ2n) is 5.87. The van der Waals surface area contributed by atoms with Gasteiger partial charge in [0.25, 0.3) is 0 Å². The fourth-order valence-electron chi connectivity index (χ4n) is 2.84. The molecule has 8 heteroatoms. The number of anilines is 1. The summed E-state index contributed by atoms with van der Waals surface area (Å²) < 4.78 is 5.04. The molecule has 0 aliphatic carbocycles. The highest BCUT2D eigenvalue weighted by Gasteiger charge is 2.20. The van der Waals surface area contributed by atoms with E-state index in [1.807, 2.05) is 0 Å². The number of nitrogens with one attached hydrogen (secondary N) is 1. The smallest absolute Gasteiger partial charge is 0.240 e. The average Bonchev–Trinajstić information content (AvgIpc) is 2.97. The normalized spacial score (nSPS) is 15.4. The van der Waals surface area contributed by atoms with Crippen molar-refractivity contribution in [3.63, 3.8) is 0 Å². The number of aromatic nitrogens is 2. The van der Waals surface area contributed by atoms with Gasteiger partial charge in [0.15, 0.2) is 5.82 Å². The van der Waals surface area contributed by atoms with E-state index in [2.05, 4.69) is 51.5 Å². The van der Waals surface area contributed by atoms with Crippen molar-refractivity contribution in [2.75, 3.05) is 18.4 Å². The first kappa shape index (κ1) is 20.7. The molecule has 1 aliphatic heterocycles. The second kappa shape index (κ2) is 9.84. The van der Waals surface area contributed by atoms with Crippen LogP contribution in [0, 0.1) is 6.92 Å². The highest BCUT2D eigenvalue weighted by atomic mass is 35.5. The molecular formula is C16H25Cl2N5O. The maximum atomic E-state index is 5.48. The van der Waals surface area contributed by atoms with E-state index in [-0.39, 0.29) is 24.8 Å². The van der Waals surface area contributed by atoms with Crippen molar-refractivity contribution < 1.29 is 4.52 Å². The number of halogens is 2. The molecule has 2 heterocycles. The summed E-state index contributed by atoms with van der Waals surface area (Å²) in [6.07, 6.45) is 2.24. The number of aryl methyl sites for hydroxylation is 1.